The zero-order chi connectivity index (χ0) is 13.0. The maximum atomic E-state index is 4.30. The van der Waals surface area contributed by atoms with Crippen LogP contribution in [-0.4, -0.2) is 25.3 Å². The van der Waals surface area contributed by atoms with Crippen molar-refractivity contribution in [1.29, 1.82) is 0 Å². The van der Waals surface area contributed by atoms with Gasteiger partial charge in [0.2, 0.25) is 0 Å². The van der Waals surface area contributed by atoms with E-state index < -0.39 is 0 Å². The molecule has 0 aliphatic rings. The molecule has 0 saturated carbocycles. The minimum absolute atomic E-state index is 0.880. The molecule has 1 aromatic heterocycles. The molecule has 1 N–H and O–H groups in total. The summed E-state index contributed by atoms with van der Waals surface area (Å²) in [6.45, 7) is 2.02. The minimum atomic E-state index is 0.880. The monoisotopic (exact) mass is 239 g/mol. The van der Waals surface area contributed by atoms with Crippen molar-refractivity contribution in [1.82, 2.24) is 4.98 Å². The van der Waals surface area contributed by atoms with Crippen LogP contribution >= 0.6 is 0 Å². The van der Waals surface area contributed by atoms with E-state index in [-0.39, 0.29) is 0 Å². The number of hydrogen-bond donors (Lipinski definition) is 1. The van der Waals surface area contributed by atoms with Crippen LogP contribution in [-0.2, 0) is 0 Å². The van der Waals surface area contributed by atoms with Crippen molar-refractivity contribution in [2.45, 2.75) is 6.92 Å². The lowest BCUT2D eigenvalue weighted by molar-refractivity contribution is 1.31. The Morgan fingerprint density at radius 1 is 1.28 bits per heavy atom. The Morgan fingerprint density at radius 2 is 2.11 bits per heavy atom. The van der Waals surface area contributed by atoms with E-state index in [1.54, 1.807) is 7.05 Å². The highest BCUT2D eigenvalue weighted by Crippen LogP contribution is 2.21. The molecule has 2 rings (SSSR count). The molecule has 18 heavy (non-hydrogen) atoms. The van der Waals surface area contributed by atoms with Crippen LogP contribution in [0.15, 0.2) is 41.5 Å². The standard InChI is InChI=1S/C15H17N3/c1-4-11(9-16-2)12-5-6-13-10-18-15(17-3)8-14(13)7-12/h4-10H,1-3H3,(H,17,18)/b11-4+,16-9?. The molecule has 2 aromatic rings. The predicted octanol–water partition coefficient (Wildman–Crippen LogP) is 3.38. The molecule has 1 heterocycles. The Bertz CT molecular complexity index is 612. The Hall–Kier alpha value is -2.16. The van der Waals surface area contributed by atoms with Crippen LogP contribution in [0.4, 0.5) is 5.82 Å². The Labute approximate surface area is 107 Å². The number of benzene rings is 1. The fourth-order valence-corrected chi connectivity index (χ4v) is 1.91. The lowest BCUT2D eigenvalue weighted by atomic mass is 10.0. The van der Waals surface area contributed by atoms with Crippen molar-refractivity contribution in [3.05, 3.63) is 42.1 Å². The zero-order valence-electron chi connectivity index (χ0n) is 10.9. The molecule has 3 nitrogen and oxygen atoms in total. The summed E-state index contributed by atoms with van der Waals surface area (Å²) in [5, 5.41) is 5.37. The SMILES string of the molecule is C/C=C(\C=NC)c1ccc2cnc(NC)cc2c1. The summed E-state index contributed by atoms with van der Waals surface area (Å²) < 4.78 is 0. The first kappa shape index (κ1) is 12.3. The van der Waals surface area contributed by atoms with Crippen molar-refractivity contribution < 1.29 is 0 Å². The van der Waals surface area contributed by atoms with E-state index in [4.69, 9.17) is 0 Å². The molecule has 0 fully saturated rings. The van der Waals surface area contributed by atoms with Crippen molar-refractivity contribution in [2.24, 2.45) is 4.99 Å². The second kappa shape index (κ2) is 5.45. The summed E-state index contributed by atoms with van der Waals surface area (Å²) in [5.41, 5.74) is 2.30. The molecule has 0 unspecified atom stereocenters. The molecule has 0 aliphatic heterocycles. The second-order valence-corrected chi connectivity index (χ2v) is 4.01. The lowest BCUT2D eigenvalue weighted by Gasteiger charge is -2.06. The number of fused-ring (bicyclic) bond motifs is 1. The first-order chi connectivity index (χ1) is 8.78. The quantitative estimate of drug-likeness (QED) is 0.834. The van der Waals surface area contributed by atoms with Crippen molar-refractivity contribution in [3.8, 4) is 0 Å². The van der Waals surface area contributed by atoms with Gasteiger partial charge in [-0.05, 0) is 35.6 Å². The molecule has 0 saturated heterocycles. The van der Waals surface area contributed by atoms with Gasteiger partial charge in [0.05, 0.1) is 0 Å². The van der Waals surface area contributed by atoms with Gasteiger partial charge in [-0.15, -0.1) is 0 Å². The maximum absolute atomic E-state index is 4.30. The van der Waals surface area contributed by atoms with Crippen LogP contribution in [0.1, 0.15) is 12.5 Å². The topological polar surface area (TPSA) is 37.3 Å². The van der Waals surface area contributed by atoms with E-state index in [1.807, 2.05) is 26.4 Å². The summed E-state index contributed by atoms with van der Waals surface area (Å²) in [6, 6.07) is 8.40. The number of pyridine rings is 1. The largest absolute Gasteiger partial charge is 0.373 e. The van der Waals surface area contributed by atoms with Gasteiger partial charge in [0.25, 0.3) is 0 Å². The van der Waals surface area contributed by atoms with E-state index in [0.29, 0.717) is 0 Å². The highest BCUT2D eigenvalue weighted by atomic mass is 14.9. The van der Waals surface area contributed by atoms with Gasteiger partial charge in [0, 0.05) is 31.9 Å². The normalized spacial score (nSPS) is 12.3. The van der Waals surface area contributed by atoms with Gasteiger partial charge in [0.1, 0.15) is 5.82 Å². The number of nitrogens with one attached hydrogen (secondary N) is 1. The van der Waals surface area contributed by atoms with Crippen LogP contribution in [0.2, 0.25) is 0 Å². The van der Waals surface area contributed by atoms with Gasteiger partial charge in [0.15, 0.2) is 0 Å². The molecular formula is C15H17N3. The number of aliphatic imine (C=N–C) groups is 1. The van der Waals surface area contributed by atoms with Crippen LogP contribution in [0.5, 0.6) is 0 Å². The number of anilines is 1. The van der Waals surface area contributed by atoms with Gasteiger partial charge >= 0.3 is 0 Å². The van der Waals surface area contributed by atoms with Crippen molar-refractivity contribution in [3.63, 3.8) is 0 Å². The van der Waals surface area contributed by atoms with E-state index in [0.717, 1.165) is 16.8 Å². The molecule has 92 valence electrons. The molecule has 0 amide bonds. The molecule has 0 radical (unpaired) electrons. The van der Waals surface area contributed by atoms with E-state index in [9.17, 15) is 0 Å². The smallest absolute Gasteiger partial charge is 0.126 e. The summed E-state index contributed by atoms with van der Waals surface area (Å²) in [6.07, 6.45) is 5.82. The molecule has 0 atom stereocenters. The average molecular weight is 239 g/mol. The predicted molar refractivity (Wildman–Crippen MR) is 79.4 cm³/mol. The molecule has 1 aromatic carbocycles. The van der Waals surface area contributed by atoms with Crippen LogP contribution in [0, 0.1) is 0 Å². The Kier molecular flexibility index (Phi) is 3.72. The van der Waals surface area contributed by atoms with Gasteiger partial charge in [-0.3, -0.25) is 4.99 Å². The van der Waals surface area contributed by atoms with Crippen LogP contribution < -0.4 is 5.32 Å². The highest BCUT2D eigenvalue weighted by Gasteiger charge is 2.01. The summed E-state index contributed by atoms with van der Waals surface area (Å²) >= 11 is 0. The van der Waals surface area contributed by atoms with Crippen LogP contribution in [0.3, 0.4) is 0 Å². The zero-order valence-corrected chi connectivity index (χ0v) is 10.9. The molecular weight excluding hydrogens is 222 g/mol. The number of allylic oxidation sites excluding steroid dienone is 2. The third-order valence-electron chi connectivity index (χ3n) is 2.89. The van der Waals surface area contributed by atoms with Crippen molar-refractivity contribution in [2.75, 3.05) is 19.4 Å². The molecule has 0 bridgehead atoms. The number of nitrogens with zero attached hydrogens (tertiary/aromatic N) is 2. The van der Waals surface area contributed by atoms with E-state index in [2.05, 4.69) is 45.6 Å². The summed E-state index contributed by atoms with van der Waals surface area (Å²) in [4.78, 5) is 8.38. The van der Waals surface area contributed by atoms with E-state index >= 15 is 0 Å². The fourth-order valence-electron chi connectivity index (χ4n) is 1.91. The molecule has 3 heteroatoms. The van der Waals surface area contributed by atoms with Gasteiger partial charge < -0.3 is 5.32 Å². The van der Waals surface area contributed by atoms with Crippen LogP contribution in [0.25, 0.3) is 16.3 Å². The third kappa shape index (κ3) is 2.40. The third-order valence-corrected chi connectivity index (χ3v) is 2.89. The molecule has 0 spiro atoms. The highest BCUT2D eigenvalue weighted by molar-refractivity contribution is 6.10. The number of aromatic nitrogens is 1. The average Bonchev–Trinajstić information content (AvgIpc) is 2.43. The lowest BCUT2D eigenvalue weighted by Crippen LogP contribution is -1.92. The first-order valence-corrected chi connectivity index (χ1v) is 5.95. The summed E-state index contributed by atoms with van der Waals surface area (Å²) in [5.74, 6) is 0.880. The van der Waals surface area contributed by atoms with Gasteiger partial charge in [-0.2, -0.15) is 0 Å². The first-order valence-electron chi connectivity index (χ1n) is 5.95. The van der Waals surface area contributed by atoms with Gasteiger partial charge in [-0.25, -0.2) is 4.98 Å². The Morgan fingerprint density at radius 3 is 2.78 bits per heavy atom. The molecule has 0 aliphatic carbocycles. The minimum Gasteiger partial charge on any atom is -0.373 e. The number of hydrogen-bond acceptors (Lipinski definition) is 3. The summed E-state index contributed by atoms with van der Waals surface area (Å²) in [7, 11) is 3.66. The number of rotatable bonds is 3. The second-order valence-electron chi connectivity index (χ2n) is 4.01. The van der Waals surface area contributed by atoms with Gasteiger partial charge in [-0.1, -0.05) is 18.2 Å². The van der Waals surface area contributed by atoms with Crippen molar-refractivity contribution >= 4 is 28.4 Å². The fraction of sp³-hybridized carbons (Fsp3) is 0.200. The van der Waals surface area contributed by atoms with E-state index in [1.165, 1.54) is 10.9 Å². The Balaban J connectivity index is 2.54. The maximum Gasteiger partial charge on any atom is 0.126 e.